The number of amides is 2. The van der Waals surface area contributed by atoms with Crippen LogP contribution in [0.25, 0.3) is 0 Å². The molecule has 1 saturated heterocycles. The lowest BCUT2D eigenvalue weighted by Crippen LogP contribution is -2.56. The summed E-state index contributed by atoms with van der Waals surface area (Å²) in [5, 5.41) is 13.6. The molecule has 0 atom stereocenters. The molecule has 1 aromatic heterocycles. The van der Waals surface area contributed by atoms with Gasteiger partial charge in [-0.25, -0.2) is 0 Å². The van der Waals surface area contributed by atoms with Crippen LogP contribution in [0.15, 0.2) is 16.5 Å². The molecule has 8 nitrogen and oxygen atoms in total. The van der Waals surface area contributed by atoms with E-state index >= 15 is 0 Å². The van der Waals surface area contributed by atoms with E-state index in [2.05, 4.69) is 5.32 Å². The van der Waals surface area contributed by atoms with Gasteiger partial charge in [-0.2, -0.15) is 0 Å². The molecule has 0 spiro atoms. The molecule has 3 rings (SSSR count). The number of hydrogen-bond acceptors (Lipinski definition) is 5. The van der Waals surface area contributed by atoms with Crippen molar-refractivity contribution >= 4 is 17.7 Å². The summed E-state index contributed by atoms with van der Waals surface area (Å²) in [7, 11) is 0. The summed E-state index contributed by atoms with van der Waals surface area (Å²) >= 11 is 0. The van der Waals surface area contributed by atoms with Gasteiger partial charge in [0.25, 0.3) is 5.91 Å². The van der Waals surface area contributed by atoms with Crippen molar-refractivity contribution in [2.45, 2.75) is 32.1 Å². The quantitative estimate of drug-likeness (QED) is 0.654. The van der Waals surface area contributed by atoms with E-state index in [0.29, 0.717) is 25.6 Å². The number of rotatable bonds is 5. The Morgan fingerprint density at radius 2 is 1.96 bits per heavy atom. The van der Waals surface area contributed by atoms with Gasteiger partial charge in [0.15, 0.2) is 5.76 Å². The Balaban J connectivity index is 1.43. The smallest absolute Gasteiger partial charge is 0.395 e. The van der Waals surface area contributed by atoms with Gasteiger partial charge in [0.1, 0.15) is 4.92 Å². The van der Waals surface area contributed by atoms with E-state index in [1.165, 1.54) is 43.1 Å². The summed E-state index contributed by atoms with van der Waals surface area (Å²) in [6.07, 6.45) is 6.11. The van der Waals surface area contributed by atoms with E-state index in [-0.39, 0.29) is 17.6 Å². The van der Waals surface area contributed by atoms with Crippen molar-refractivity contribution in [3.63, 3.8) is 0 Å². The Morgan fingerprint density at radius 1 is 1.25 bits per heavy atom. The van der Waals surface area contributed by atoms with Gasteiger partial charge in [-0.3, -0.25) is 19.7 Å². The number of likely N-dealkylation sites (tertiary alicyclic amines) is 1. The van der Waals surface area contributed by atoms with E-state index in [1.54, 1.807) is 0 Å². The van der Waals surface area contributed by atoms with Gasteiger partial charge in [0, 0.05) is 19.6 Å². The third-order valence-corrected chi connectivity index (χ3v) is 4.81. The minimum Gasteiger partial charge on any atom is -0.395 e. The molecule has 2 heterocycles. The molecule has 1 aliphatic carbocycles. The summed E-state index contributed by atoms with van der Waals surface area (Å²) in [5.74, 6) is -0.593. The van der Waals surface area contributed by atoms with E-state index in [1.807, 2.05) is 0 Å². The second-order valence-electron chi connectivity index (χ2n) is 6.55. The lowest BCUT2D eigenvalue weighted by molar-refractivity contribution is -0.402. The first-order valence-corrected chi connectivity index (χ1v) is 8.36. The van der Waals surface area contributed by atoms with Crippen LogP contribution in [0.4, 0.5) is 5.88 Å². The SMILES string of the molecule is O=C(NCC1CCCCC1)C1CN(C(=O)c2ccc([N+](=O)[O-])o2)C1. The van der Waals surface area contributed by atoms with Crippen LogP contribution in [-0.2, 0) is 4.79 Å². The molecule has 24 heavy (non-hydrogen) atoms. The molecule has 1 aliphatic heterocycles. The minimum atomic E-state index is -0.686. The predicted molar refractivity (Wildman–Crippen MR) is 84.3 cm³/mol. The average Bonchev–Trinajstić information content (AvgIpc) is 3.02. The van der Waals surface area contributed by atoms with Crippen LogP contribution in [0.5, 0.6) is 0 Å². The molecular weight excluding hydrogens is 314 g/mol. The fraction of sp³-hybridized carbons (Fsp3) is 0.625. The lowest BCUT2D eigenvalue weighted by Gasteiger charge is -2.37. The van der Waals surface area contributed by atoms with Crippen LogP contribution in [-0.4, -0.2) is 41.3 Å². The summed E-state index contributed by atoms with van der Waals surface area (Å²) in [5.41, 5.74) is 0. The maximum absolute atomic E-state index is 12.1. The van der Waals surface area contributed by atoms with Crippen molar-refractivity contribution in [1.82, 2.24) is 10.2 Å². The number of nitro groups is 1. The molecule has 2 aliphatic rings. The largest absolute Gasteiger partial charge is 0.433 e. The van der Waals surface area contributed by atoms with Gasteiger partial charge in [-0.1, -0.05) is 19.3 Å². The van der Waals surface area contributed by atoms with E-state index in [4.69, 9.17) is 4.42 Å². The Labute approximate surface area is 139 Å². The normalized spacial score (nSPS) is 18.9. The van der Waals surface area contributed by atoms with Crippen molar-refractivity contribution in [3.05, 3.63) is 28.0 Å². The fourth-order valence-electron chi connectivity index (χ4n) is 3.29. The molecule has 130 valence electrons. The highest BCUT2D eigenvalue weighted by Gasteiger charge is 2.37. The van der Waals surface area contributed by atoms with Crippen molar-refractivity contribution in [2.75, 3.05) is 19.6 Å². The molecular formula is C16H21N3O5. The number of carbonyl (C=O) groups is 2. The topological polar surface area (TPSA) is 106 Å². The van der Waals surface area contributed by atoms with Crippen LogP contribution in [0.2, 0.25) is 0 Å². The molecule has 2 fully saturated rings. The van der Waals surface area contributed by atoms with Crippen molar-refractivity contribution in [1.29, 1.82) is 0 Å². The molecule has 0 unspecified atom stereocenters. The molecule has 1 saturated carbocycles. The number of nitrogens with zero attached hydrogens (tertiary/aromatic N) is 2. The number of hydrogen-bond donors (Lipinski definition) is 1. The fourth-order valence-corrected chi connectivity index (χ4v) is 3.29. The van der Waals surface area contributed by atoms with Crippen LogP contribution >= 0.6 is 0 Å². The summed E-state index contributed by atoms with van der Waals surface area (Å²) < 4.78 is 4.90. The van der Waals surface area contributed by atoms with Gasteiger partial charge >= 0.3 is 5.88 Å². The zero-order valence-electron chi connectivity index (χ0n) is 13.4. The van der Waals surface area contributed by atoms with Crippen molar-refractivity contribution in [2.24, 2.45) is 11.8 Å². The maximum atomic E-state index is 12.1. The first-order chi connectivity index (χ1) is 11.5. The molecule has 8 heteroatoms. The van der Waals surface area contributed by atoms with Crippen LogP contribution in [0, 0.1) is 22.0 Å². The van der Waals surface area contributed by atoms with Gasteiger partial charge in [-0.15, -0.1) is 0 Å². The number of furan rings is 1. The highest BCUT2D eigenvalue weighted by molar-refractivity contribution is 5.94. The number of nitrogens with one attached hydrogen (secondary N) is 1. The summed E-state index contributed by atoms with van der Waals surface area (Å²) in [6, 6.07) is 2.44. The first kappa shape index (κ1) is 16.5. The second-order valence-corrected chi connectivity index (χ2v) is 6.55. The third-order valence-electron chi connectivity index (χ3n) is 4.81. The standard InChI is InChI=1S/C16H21N3O5/c20-15(17-8-11-4-2-1-3-5-11)12-9-18(10-12)16(21)13-6-7-14(24-13)19(22)23/h6-7,11-12H,1-5,8-10H2,(H,17,20). The summed E-state index contributed by atoms with van der Waals surface area (Å²) in [4.78, 5) is 35.6. The molecule has 1 aromatic rings. The molecule has 1 N–H and O–H groups in total. The van der Waals surface area contributed by atoms with Gasteiger partial charge in [0.05, 0.1) is 12.0 Å². The minimum absolute atomic E-state index is 0.0185. The monoisotopic (exact) mass is 335 g/mol. The maximum Gasteiger partial charge on any atom is 0.433 e. The average molecular weight is 335 g/mol. The van der Waals surface area contributed by atoms with Crippen LogP contribution in [0.3, 0.4) is 0 Å². The zero-order valence-corrected chi connectivity index (χ0v) is 13.4. The van der Waals surface area contributed by atoms with Gasteiger partial charge in [0.2, 0.25) is 5.91 Å². The Hall–Kier alpha value is -2.38. The number of carbonyl (C=O) groups excluding carboxylic acids is 2. The Bertz CT molecular complexity index is 629. The predicted octanol–water partition coefficient (Wildman–Crippen LogP) is 1.96. The van der Waals surface area contributed by atoms with E-state index in [0.717, 1.165) is 6.07 Å². The highest BCUT2D eigenvalue weighted by atomic mass is 16.6. The van der Waals surface area contributed by atoms with E-state index in [9.17, 15) is 19.7 Å². The summed E-state index contributed by atoms with van der Waals surface area (Å²) in [6.45, 7) is 1.36. The lowest BCUT2D eigenvalue weighted by atomic mass is 9.89. The van der Waals surface area contributed by atoms with Crippen molar-refractivity contribution in [3.8, 4) is 0 Å². The molecule has 0 bridgehead atoms. The first-order valence-electron chi connectivity index (χ1n) is 8.36. The van der Waals surface area contributed by atoms with Crippen LogP contribution < -0.4 is 5.32 Å². The van der Waals surface area contributed by atoms with Gasteiger partial charge < -0.3 is 14.6 Å². The Morgan fingerprint density at radius 3 is 2.58 bits per heavy atom. The van der Waals surface area contributed by atoms with Gasteiger partial charge in [-0.05, 0) is 24.8 Å². The van der Waals surface area contributed by atoms with Crippen molar-refractivity contribution < 1.29 is 18.9 Å². The molecule has 2 amide bonds. The second kappa shape index (κ2) is 7.02. The highest BCUT2D eigenvalue weighted by Crippen LogP contribution is 2.24. The van der Waals surface area contributed by atoms with E-state index < -0.39 is 16.7 Å². The molecule has 0 radical (unpaired) electrons. The zero-order chi connectivity index (χ0) is 17.1. The van der Waals surface area contributed by atoms with Crippen LogP contribution in [0.1, 0.15) is 42.7 Å². The Kier molecular flexibility index (Phi) is 4.82. The third kappa shape index (κ3) is 3.58. The molecule has 0 aromatic carbocycles.